The fourth-order valence-corrected chi connectivity index (χ4v) is 2.39. The molecule has 1 aromatic rings. The summed E-state index contributed by atoms with van der Waals surface area (Å²) in [6.45, 7) is 4.69. The van der Waals surface area contributed by atoms with Crippen molar-refractivity contribution in [3.63, 3.8) is 0 Å². The normalized spacial score (nSPS) is 29.6. The molecule has 0 aliphatic heterocycles. The van der Waals surface area contributed by atoms with E-state index in [9.17, 15) is 0 Å². The van der Waals surface area contributed by atoms with Crippen LogP contribution in [0.1, 0.15) is 38.7 Å². The maximum absolute atomic E-state index is 2.41. The summed E-state index contributed by atoms with van der Waals surface area (Å²) in [5.74, 6) is 0.817. The molecule has 0 amide bonds. The molecule has 0 saturated heterocycles. The Bertz CT molecular complexity index is 336. The van der Waals surface area contributed by atoms with Crippen molar-refractivity contribution >= 4 is 6.08 Å². The van der Waals surface area contributed by atoms with E-state index in [1.165, 1.54) is 24.8 Å². The Labute approximate surface area is 93.0 Å². The molecule has 1 fully saturated rings. The first-order chi connectivity index (χ1) is 7.24. The first kappa shape index (κ1) is 10.5. The molecular weight excluding hydrogens is 180 g/mol. The predicted octanol–water partition coefficient (Wildman–Crippen LogP) is 4.53. The van der Waals surface area contributed by atoms with E-state index in [4.69, 9.17) is 0 Å². The summed E-state index contributed by atoms with van der Waals surface area (Å²) in [5, 5.41) is 0. The lowest BCUT2D eigenvalue weighted by atomic mass is 10.00. The average molecular weight is 200 g/mol. The highest BCUT2D eigenvalue weighted by atomic mass is 14.5. The van der Waals surface area contributed by atoms with Crippen LogP contribution >= 0.6 is 0 Å². The van der Waals surface area contributed by atoms with Crippen LogP contribution < -0.4 is 0 Å². The Hall–Kier alpha value is -1.04. The molecule has 0 heterocycles. The van der Waals surface area contributed by atoms with Gasteiger partial charge in [-0.05, 0) is 29.7 Å². The third kappa shape index (κ3) is 2.50. The fourth-order valence-electron chi connectivity index (χ4n) is 2.39. The second-order valence-corrected chi connectivity index (χ2v) is 4.98. The van der Waals surface area contributed by atoms with Crippen LogP contribution in [-0.4, -0.2) is 0 Å². The van der Waals surface area contributed by atoms with E-state index < -0.39 is 0 Å². The van der Waals surface area contributed by atoms with Crippen LogP contribution in [0.4, 0.5) is 0 Å². The lowest BCUT2D eigenvalue weighted by molar-refractivity contribution is 0.483. The van der Waals surface area contributed by atoms with Gasteiger partial charge in [-0.2, -0.15) is 0 Å². The van der Waals surface area contributed by atoms with Gasteiger partial charge in [-0.25, -0.2) is 0 Å². The van der Waals surface area contributed by atoms with Gasteiger partial charge in [0, 0.05) is 0 Å². The monoisotopic (exact) mass is 200 g/mol. The summed E-state index contributed by atoms with van der Waals surface area (Å²) >= 11 is 0. The van der Waals surface area contributed by atoms with Gasteiger partial charge < -0.3 is 0 Å². The van der Waals surface area contributed by atoms with Gasteiger partial charge >= 0.3 is 0 Å². The van der Waals surface area contributed by atoms with Crippen molar-refractivity contribution in [2.24, 2.45) is 11.3 Å². The minimum atomic E-state index is 0.611. The Balaban J connectivity index is 1.92. The smallest absolute Gasteiger partial charge is 0.0171 e. The van der Waals surface area contributed by atoms with E-state index in [-0.39, 0.29) is 0 Å². The summed E-state index contributed by atoms with van der Waals surface area (Å²) in [4.78, 5) is 0. The fraction of sp³-hybridized carbons (Fsp3) is 0.467. The Morgan fingerprint density at radius 3 is 2.73 bits per heavy atom. The number of allylic oxidation sites excluding steroid dienone is 1. The highest BCUT2D eigenvalue weighted by molar-refractivity contribution is 5.49. The maximum Gasteiger partial charge on any atom is -0.0171 e. The van der Waals surface area contributed by atoms with E-state index in [2.05, 4.69) is 56.3 Å². The van der Waals surface area contributed by atoms with Crippen LogP contribution in [0.5, 0.6) is 0 Å². The van der Waals surface area contributed by atoms with Crippen molar-refractivity contribution in [2.75, 3.05) is 0 Å². The Kier molecular flexibility index (Phi) is 2.95. The minimum absolute atomic E-state index is 0.611. The molecule has 0 radical (unpaired) electrons. The number of rotatable bonds is 4. The first-order valence-electron chi connectivity index (χ1n) is 5.98. The first-order valence-corrected chi connectivity index (χ1v) is 5.98. The van der Waals surface area contributed by atoms with Gasteiger partial charge in [0.1, 0.15) is 0 Å². The van der Waals surface area contributed by atoms with Crippen LogP contribution in [0, 0.1) is 11.3 Å². The number of hydrogen-bond acceptors (Lipinski definition) is 0. The maximum atomic E-state index is 2.41. The van der Waals surface area contributed by atoms with Crippen LogP contribution in [-0.2, 0) is 0 Å². The molecule has 2 atom stereocenters. The van der Waals surface area contributed by atoms with Crippen molar-refractivity contribution in [3.05, 3.63) is 42.0 Å². The van der Waals surface area contributed by atoms with Gasteiger partial charge in [0.25, 0.3) is 0 Å². The third-order valence-corrected chi connectivity index (χ3v) is 3.56. The van der Waals surface area contributed by atoms with E-state index in [1.54, 1.807) is 0 Å². The quantitative estimate of drug-likeness (QED) is 0.670. The molecule has 1 aliphatic carbocycles. The molecular formula is C15H20. The standard InChI is InChI=1S/C15H20/c1-3-11-15(2)12-14(15)10-9-13-7-5-4-6-8-13/h4-10,14H,3,11-12H2,1-2H3/b10-9+/t14-,15-/m0/s1. The molecule has 0 aromatic heterocycles. The Morgan fingerprint density at radius 2 is 2.07 bits per heavy atom. The van der Waals surface area contributed by atoms with Gasteiger partial charge in [0.2, 0.25) is 0 Å². The van der Waals surface area contributed by atoms with Gasteiger partial charge in [0.05, 0.1) is 0 Å². The molecule has 2 rings (SSSR count). The lowest BCUT2D eigenvalue weighted by Crippen LogP contribution is -1.94. The highest BCUT2D eigenvalue weighted by Crippen LogP contribution is 2.56. The zero-order valence-electron chi connectivity index (χ0n) is 9.74. The molecule has 1 aromatic carbocycles. The summed E-state index contributed by atoms with van der Waals surface area (Å²) in [7, 11) is 0. The van der Waals surface area contributed by atoms with Crippen LogP contribution in [0.15, 0.2) is 36.4 Å². The highest BCUT2D eigenvalue weighted by Gasteiger charge is 2.46. The largest absolute Gasteiger partial charge is 0.0803 e. The average Bonchev–Trinajstić information content (AvgIpc) is 2.88. The van der Waals surface area contributed by atoms with E-state index in [0.29, 0.717) is 5.41 Å². The van der Waals surface area contributed by atoms with E-state index in [1.807, 2.05) is 0 Å². The van der Waals surface area contributed by atoms with Gasteiger partial charge in [-0.1, -0.05) is 62.8 Å². The number of hydrogen-bond donors (Lipinski definition) is 0. The van der Waals surface area contributed by atoms with E-state index in [0.717, 1.165) is 5.92 Å². The molecule has 0 N–H and O–H groups in total. The molecule has 15 heavy (non-hydrogen) atoms. The zero-order valence-corrected chi connectivity index (χ0v) is 9.74. The predicted molar refractivity (Wildman–Crippen MR) is 66.6 cm³/mol. The minimum Gasteiger partial charge on any atom is -0.0803 e. The van der Waals surface area contributed by atoms with E-state index >= 15 is 0 Å². The van der Waals surface area contributed by atoms with Crippen molar-refractivity contribution in [1.29, 1.82) is 0 Å². The third-order valence-electron chi connectivity index (χ3n) is 3.56. The molecule has 80 valence electrons. The molecule has 1 saturated carbocycles. The van der Waals surface area contributed by atoms with Crippen molar-refractivity contribution in [3.8, 4) is 0 Å². The van der Waals surface area contributed by atoms with Crippen LogP contribution in [0.25, 0.3) is 6.08 Å². The van der Waals surface area contributed by atoms with Gasteiger partial charge in [-0.15, -0.1) is 0 Å². The lowest BCUT2D eigenvalue weighted by Gasteiger charge is -2.05. The topological polar surface area (TPSA) is 0 Å². The van der Waals surface area contributed by atoms with Crippen molar-refractivity contribution < 1.29 is 0 Å². The summed E-state index contributed by atoms with van der Waals surface area (Å²) in [6.07, 6.45) is 8.73. The molecule has 0 unspecified atom stereocenters. The second-order valence-electron chi connectivity index (χ2n) is 4.98. The molecule has 0 heteroatoms. The molecule has 0 bridgehead atoms. The summed E-state index contributed by atoms with van der Waals surface area (Å²) < 4.78 is 0. The number of benzene rings is 1. The summed E-state index contributed by atoms with van der Waals surface area (Å²) in [6, 6.07) is 10.6. The van der Waals surface area contributed by atoms with Crippen molar-refractivity contribution in [2.45, 2.75) is 33.1 Å². The van der Waals surface area contributed by atoms with Crippen LogP contribution in [0.2, 0.25) is 0 Å². The van der Waals surface area contributed by atoms with Crippen LogP contribution in [0.3, 0.4) is 0 Å². The summed E-state index contributed by atoms with van der Waals surface area (Å²) in [5.41, 5.74) is 1.93. The molecule has 1 aliphatic rings. The Morgan fingerprint density at radius 1 is 1.33 bits per heavy atom. The molecule has 0 spiro atoms. The van der Waals surface area contributed by atoms with Crippen molar-refractivity contribution in [1.82, 2.24) is 0 Å². The second kappa shape index (κ2) is 4.22. The zero-order chi connectivity index (χ0) is 10.7. The SMILES string of the molecule is CCC[C@@]1(C)C[C@@H]1/C=C/c1ccccc1. The van der Waals surface area contributed by atoms with Gasteiger partial charge in [0.15, 0.2) is 0 Å². The van der Waals surface area contributed by atoms with Gasteiger partial charge in [-0.3, -0.25) is 0 Å². The molecule has 0 nitrogen and oxygen atoms in total.